The van der Waals surface area contributed by atoms with E-state index in [2.05, 4.69) is 54.8 Å². The van der Waals surface area contributed by atoms with E-state index in [0.717, 1.165) is 16.3 Å². The summed E-state index contributed by atoms with van der Waals surface area (Å²) in [4.78, 5) is 15.7. The first-order chi connectivity index (χ1) is 9.90. The van der Waals surface area contributed by atoms with Crippen molar-refractivity contribution in [1.29, 1.82) is 0 Å². The Hall–Kier alpha value is -1.68. The van der Waals surface area contributed by atoms with E-state index in [4.69, 9.17) is 0 Å². The van der Waals surface area contributed by atoms with Crippen LogP contribution in [0.15, 0.2) is 29.6 Å². The first-order valence-electron chi connectivity index (χ1n) is 7.02. The maximum absolute atomic E-state index is 11.1. The van der Waals surface area contributed by atoms with Crippen molar-refractivity contribution in [3.63, 3.8) is 0 Å². The SMILES string of the molecule is COC(=O)CCc1csc(-c2ccc(C(C)(C)C)cc2)n1. The summed E-state index contributed by atoms with van der Waals surface area (Å²) in [7, 11) is 1.41. The molecule has 0 aliphatic rings. The van der Waals surface area contributed by atoms with Gasteiger partial charge in [-0.3, -0.25) is 4.79 Å². The maximum atomic E-state index is 11.1. The van der Waals surface area contributed by atoms with Gasteiger partial charge in [0, 0.05) is 17.4 Å². The normalized spacial score (nSPS) is 11.4. The number of aromatic nitrogens is 1. The number of hydrogen-bond donors (Lipinski definition) is 0. The van der Waals surface area contributed by atoms with Gasteiger partial charge in [0.15, 0.2) is 0 Å². The van der Waals surface area contributed by atoms with Crippen LogP contribution in [0.1, 0.15) is 38.4 Å². The molecule has 0 bridgehead atoms. The molecule has 2 rings (SSSR count). The molecule has 3 nitrogen and oxygen atoms in total. The number of aryl methyl sites for hydroxylation is 1. The molecule has 0 aliphatic carbocycles. The quantitative estimate of drug-likeness (QED) is 0.794. The molecule has 0 N–H and O–H groups in total. The van der Waals surface area contributed by atoms with E-state index in [1.54, 1.807) is 11.3 Å². The number of benzene rings is 1. The Morgan fingerprint density at radius 3 is 2.48 bits per heavy atom. The van der Waals surface area contributed by atoms with Gasteiger partial charge in [0.2, 0.25) is 0 Å². The third-order valence-electron chi connectivity index (χ3n) is 3.36. The van der Waals surface area contributed by atoms with E-state index in [1.165, 1.54) is 12.7 Å². The van der Waals surface area contributed by atoms with E-state index in [1.807, 2.05) is 5.38 Å². The molecule has 0 saturated heterocycles. The van der Waals surface area contributed by atoms with Gasteiger partial charge in [-0.25, -0.2) is 4.98 Å². The van der Waals surface area contributed by atoms with Crippen LogP contribution in [0, 0.1) is 0 Å². The fraction of sp³-hybridized carbons (Fsp3) is 0.412. The molecule has 2 aromatic rings. The van der Waals surface area contributed by atoms with Gasteiger partial charge < -0.3 is 4.74 Å². The number of methoxy groups -OCH3 is 1. The number of nitrogens with zero attached hydrogens (tertiary/aromatic N) is 1. The highest BCUT2D eigenvalue weighted by Crippen LogP contribution is 2.28. The average molecular weight is 303 g/mol. The van der Waals surface area contributed by atoms with Crippen LogP contribution >= 0.6 is 11.3 Å². The monoisotopic (exact) mass is 303 g/mol. The van der Waals surface area contributed by atoms with Crippen molar-refractivity contribution in [1.82, 2.24) is 4.98 Å². The summed E-state index contributed by atoms with van der Waals surface area (Å²) in [5.41, 5.74) is 3.54. The third kappa shape index (κ3) is 4.14. The van der Waals surface area contributed by atoms with E-state index >= 15 is 0 Å². The standard InChI is InChI=1S/C17H21NO2S/c1-17(2,3)13-7-5-12(6-8-13)16-18-14(11-21-16)9-10-15(19)20-4/h5-8,11H,9-10H2,1-4H3. The van der Waals surface area contributed by atoms with Gasteiger partial charge in [-0.1, -0.05) is 45.0 Å². The first-order valence-corrected chi connectivity index (χ1v) is 7.90. The first kappa shape index (κ1) is 15.7. The fourth-order valence-corrected chi connectivity index (χ4v) is 2.86. The van der Waals surface area contributed by atoms with Gasteiger partial charge in [0.25, 0.3) is 0 Å². The Labute approximate surface area is 130 Å². The minimum absolute atomic E-state index is 0.160. The molecule has 0 atom stereocenters. The van der Waals surface area contributed by atoms with Gasteiger partial charge in [-0.15, -0.1) is 11.3 Å². The molecule has 0 saturated carbocycles. The van der Waals surface area contributed by atoms with Crippen molar-refractivity contribution in [2.24, 2.45) is 0 Å². The van der Waals surface area contributed by atoms with E-state index < -0.39 is 0 Å². The van der Waals surface area contributed by atoms with Crippen molar-refractivity contribution >= 4 is 17.3 Å². The van der Waals surface area contributed by atoms with Crippen molar-refractivity contribution in [3.05, 3.63) is 40.9 Å². The van der Waals surface area contributed by atoms with Crippen LogP contribution in [-0.4, -0.2) is 18.1 Å². The lowest BCUT2D eigenvalue weighted by Crippen LogP contribution is -2.10. The zero-order valence-electron chi connectivity index (χ0n) is 13.0. The number of carbonyl (C=O) groups is 1. The van der Waals surface area contributed by atoms with Crippen LogP contribution < -0.4 is 0 Å². The molecule has 0 radical (unpaired) electrons. The van der Waals surface area contributed by atoms with Gasteiger partial charge in [0.1, 0.15) is 5.01 Å². The van der Waals surface area contributed by atoms with Gasteiger partial charge >= 0.3 is 5.97 Å². The number of ether oxygens (including phenoxy) is 1. The molecular formula is C17H21NO2S. The number of esters is 1. The minimum Gasteiger partial charge on any atom is -0.469 e. The minimum atomic E-state index is -0.195. The predicted molar refractivity (Wildman–Crippen MR) is 86.6 cm³/mol. The second kappa shape index (κ2) is 6.39. The molecule has 1 aromatic carbocycles. The Bertz CT molecular complexity index is 608. The predicted octanol–water partition coefficient (Wildman–Crippen LogP) is 4.21. The van der Waals surface area contributed by atoms with Crippen LogP contribution in [0.5, 0.6) is 0 Å². The Morgan fingerprint density at radius 2 is 1.90 bits per heavy atom. The number of hydrogen-bond acceptors (Lipinski definition) is 4. The summed E-state index contributed by atoms with van der Waals surface area (Å²) in [6.07, 6.45) is 1.01. The summed E-state index contributed by atoms with van der Waals surface area (Å²) in [5.74, 6) is -0.195. The van der Waals surface area contributed by atoms with Crippen LogP contribution in [0.4, 0.5) is 0 Å². The van der Waals surface area contributed by atoms with Gasteiger partial charge in [-0.2, -0.15) is 0 Å². The van der Waals surface area contributed by atoms with Crippen LogP contribution in [0.3, 0.4) is 0 Å². The van der Waals surface area contributed by atoms with Crippen LogP contribution in [0.25, 0.3) is 10.6 Å². The lowest BCUT2D eigenvalue weighted by atomic mass is 9.87. The summed E-state index contributed by atoms with van der Waals surface area (Å²) in [6, 6.07) is 8.54. The fourth-order valence-electron chi connectivity index (χ4n) is 2.00. The van der Waals surface area contributed by atoms with E-state index in [-0.39, 0.29) is 11.4 Å². The maximum Gasteiger partial charge on any atom is 0.305 e. The summed E-state index contributed by atoms with van der Waals surface area (Å²) >= 11 is 1.61. The topological polar surface area (TPSA) is 39.2 Å². The Morgan fingerprint density at radius 1 is 1.24 bits per heavy atom. The zero-order chi connectivity index (χ0) is 15.5. The van der Waals surface area contributed by atoms with Crippen molar-refractivity contribution in [3.8, 4) is 10.6 Å². The molecule has 0 unspecified atom stereocenters. The van der Waals surface area contributed by atoms with Crippen LogP contribution in [-0.2, 0) is 21.4 Å². The van der Waals surface area contributed by atoms with Gasteiger partial charge in [-0.05, 0) is 11.0 Å². The molecule has 1 aromatic heterocycles. The molecule has 112 valence electrons. The summed E-state index contributed by atoms with van der Waals surface area (Å²) < 4.78 is 4.65. The second-order valence-corrected chi connectivity index (χ2v) is 6.91. The highest BCUT2D eigenvalue weighted by Gasteiger charge is 2.14. The highest BCUT2D eigenvalue weighted by atomic mass is 32.1. The number of thiazole rings is 1. The number of rotatable bonds is 4. The van der Waals surface area contributed by atoms with Crippen molar-refractivity contribution < 1.29 is 9.53 Å². The van der Waals surface area contributed by atoms with Crippen molar-refractivity contribution in [2.75, 3.05) is 7.11 Å². The van der Waals surface area contributed by atoms with Crippen LogP contribution in [0.2, 0.25) is 0 Å². The third-order valence-corrected chi connectivity index (χ3v) is 4.30. The number of carbonyl (C=O) groups excluding carboxylic acids is 1. The lowest BCUT2D eigenvalue weighted by Gasteiger charge is -2.18. The van der Waals surface area contributed by atoms with Crippen molar-refractivity contribution in [2.45, 2.75) is 39.0 Å². The molecular weight excluding hydrogens is 282 g/mol. The summed E-state index contributed by atoms with van der Waals surface area (Å²) in [5, 5.41) is 3.01. The lowest BCUT2D eigenvalue weighted by molar-refractivity contribution is -0.140. The largest absolute Gasteiger partial charge is 0.469 e. The molecule has 0 fully saturated rings. The zero-order valence-corrected chi connectivity index (χ0v) is 13.8. The van der Waals surface area contributed by atoms with E-state index in [0.29, 0.717) is 12.8 Å². The highest BCUT2D eigenvalue weighted by molar-refractivity contribution is 7.13. The smallest absolute Gasteiger partial charge is 0.305 e. The molecule has 21 heavy (non-hydrogen) atoms. The van der Waals surface area contributed by atoms with E-state index in [9.17, 15) is 4.79 Å². The average Bonchev–Trinajstić information content (AvgIpc) is 2.93. The molecule has 0 amide bonds. The molecule has 4 heteroatoms. The molecule has 0 spiro atoms. The molecule has 1 heterocycles. The summed E-state index contributed by atoms with van der Waals surface area (Å²) in [6.45, 7) is 6.61. The second-order valence-electron chi connectivity index (χ2n) is 6.05. The Balaban J connectivity index is 2.09. The Kier molecular flexibility index (Phi) is 4.78. The van der Waals surface area contributed by atoms with Gasteiger partial charge in [0.05, 0.1) is 19.2 Å². The molecule has 0 aliphatic heterocycles.